The zero-order chi connectivity index (χ0) is 19.9. The van der Waals surface area contributed by atoms with Crippen molar-refractivity contribution < 1.29 is 12.9 Å². The molecule has 27 heavy (non-hydrogen) atoms. The van der Waals surface area contributed by atoms with E-state index in [1.165, 1.54) is 6.26 Å². The number of nitrogens with zero attached hydrogens (tertiary/aromatic N) is 2. The zero-order valence-electron chi connectivity index (χ0n) is 16.3. The summed E-state index contributed by atoms with van der Waals surface area (Å²) in [5, 5.41) is 10.5. The molecule has 7 nitrogen and oxygen atoms in total. The smallest absolute Gasteiger partial charge is 0.191 e. The lowest BCUT2D eigenvalue weighted by Gasteiger charge is -2.10. The maximum atomic E-state index is 11.3. The number of nitrogens with one attached hydrogen (secondary N) is 2. The number of aromatic nitrogens is 1. The summed E-state index contributed by atoms with van der Waals surface area (Å²) in [5.74, 6) is 1.82. The van der Waals surface area contributed by atoms with Crippen LogP contribution in [-0.4, -0.2) is 32.3 Å². The molecule has 0 saturated carbocycles. The second-order valence-electron chi connectivity index (χ2n) is 6.81. The van der Waals surface area contributed by atoms with Crippen LogP contribution in [-0.2, 0) is 28.7 Å². The molecular formula is C19H28N4O3S. The minimum absolute atomic E-state index is 0.0519. The van der Waals surface area contributed by atoms with Gasteiger partial charge in [-0.25, -0.2) is 13.4 Å². The van der Waals surface area contributed by atoms with Gasteiger partial charge in [0.25, 0.3) is 0 Å². The summed E-state index contributed by atoms with van der Waals surface area (Å²) >= 11 is 0. The topological polar surface area (TPSA) is 96.6 Å². The number of guanidine groups is 1. The first-order chi connectivity index (χ1) is 12.8. The first-order valence-electron chi connectivity index (χ1n) is 9.00. The maximum Gasteiger partial charge on any atom is 0.191 e. The Bertz CT molecular complexity index is 855. The summed E-state index contributed by atoms with van der Waals surface area (Å²) in [6.45, 7) is 7.87. The van der Waals surface area contributed by atoms with Crippen LogP contribution in [0.15, 0.2) is 39.8 Å². The van der Waals surface area contributed by atoms with E-state index in [-0.39, 0.29) is 5.75 Å². The summed E-state index contributed by atoms with van der Waals surface area (Å²) in [7, 11) is -3.02. The van der Waals surface area contributed by atoms with Gasteiger partial charge in [0.05, 0.1) is 24.5 Å². The molecule has 2 aromatic rings. The van der Waals surface area contributed by atoms with Gasteiger partial charge in [-0.15, -0.1) is 0 Å². The van der Waals surface area contributed by atoms with Crippen LogP contribution in [0.4, 0.5) is 0 Å². The molecule has 1 aromatic carbocycles. The third-order valence-electron chi connectivity index (χ3n) is 3.81. The van der Waals surface area contributed by atoms with E-state index in [2.05, 4.69) is 34.6 Å². The van der Waals surface area contributed by atoms with Gasteiger partial charge in [-0.1, -0.05) is 43.3 Å². The Morgan fingerprint density at radius 3 is 2.41 bits per heavy atom. The first-order valence-corrected chi connectivity index (χ1v) is 11.1. The van der Waals surface area contributed by atoms with Crippen LogP contribution >= 0.6 is 0 Å². The number of hydrogen-bond acceptors (Lipinski definition) is 5. The number of hydrogen-bond donors (Lipinski definition) is 2. The molecule has 0 fully saturated rings. The summed E-state index contributed by atoms with van der Waals surface area (Å²) < 4.78 is 28.0. The predicted molar refractivity (Wildman–Crippen MR) is 107 cm³/mol. The van der Waals surface area contributed by atoms with Crippen LogP contribution in [0.25, 0.3) is 0 Å². The van der Waals surface area contributed by atoms with E-state index < -0.39 is 9.84 Å². The number of aliphatic imine (C=N–C) groups is 1. The molecule has 0 aliphatic rings. The lowest BCUT2D eigenvalue weighted by atomic mass is 10.1. The van der Waals surface area contributed by atoms with E-state index in [0.717, 1.165) is 29.1 Å². The number of rotatable bonds is 8. The third kappa shape index (κ3) is 7.42. The van der Waals surface area contributed by atoms with Crippen LogP contribution < -0.4 is 10.6 Å². The van der Waals surface area contributed by atoms with Gasteiger partial charge in [0.1, 0.15) is 0 Å². The average Bonchev–Trinajstić information content (AvgIpc) is 3.06. The highest BCUT2D eigenvalue weighted by Crippen LogP contribution is 2.13. The Labute approximate surface area is 161 Å². The Morgan fingerprint density at radius 2 is 1.85 bits per heavy atom. The Kier molecular flexibility index (Phi) is 7.41. The number of sulfone groups is 1. The van der Waals surface area contributed by atoms with Crippen molar-refractivity contribution in [1.29, 1.82) is 0 Å². The molecule has 2 rings (SSSR count). The molecule has 148 valence electrons. The van der Waals surface area contributed by atoms with Crippen molar-refractivity contribution in [2.24, 2.45) is 4.99 Å². The second kappa shape index (κ2) is 9.55. The zero-order valence-corrected chi connectivity index (χ0v) is 17.1. The van der Waals surface area contributed by atoms with Gasteiger partial charge in [0.15, 0.2) is 21.6 Å². The monoisotopic (exact) mass is 392 g/mol. The van der Waals surface area contributed by atoms with Crippen molar-refractivity contribution in [1.82, 2.24) is 15.8 Å². The standard InChI is InChI=1S/C19H28N4O3S/c1-5-20-19(22-12-17-10-18(14(2)3)23-26-17)21-11-15-6-8-16(9-7-15)13-27(4,24)25/h6-10,14H,5,11-13H2,1-4H3,(H2,20,21,22). The lowest BCUT2D eigenvalue weighted by Crippen LogP contribution is -2.36. The van der Waals surface area contributed by atoms with Crippen LogP contribution in [0.2, 0.25) is 0 Å². The average molecular weight is 393 g/mol. The summed E-state index contributed by atoms with van der Waals surface area (Å²) in [6, 6.07) is 9.40. The molecule has 0 aliphatic carbocycles. The SMILES string of the molecule is CCNC(=NCc1ccc(CS(C)(=O)=O)cc1)NCc1cc(C(C)C)no1. The van der Waals surface area contributed by atoms with E-state index in [1.54, 1.807) is 0 Å². The van der Waals surface area contributed by atoms with E-state index in [0.29, 0.717) is 25.0 Å². The largest absolute Gasteiger partial charge is 0.359 e. The fourth-order valence-corrected chi connectivity index (χ4v) is 3.21. The van der Waals surface area contributed by atoms with Crippen molar-refractivity contribution in [3.05, 3.63) is 52.9 Å². The molecule has 0 unspecified atom stereocenters. The van der Waals surface area contributed by atoms with Crippen molar-refractivity contribution in [3.63, 3.8) is 0 Å². The minimum Gasteiger partial charge on any atom is -0.359 e. The Balaban J connectivity index is 1.95. The highest BCUT2D eigenvalue weighted by Gasteiger charge is 2.08. The van der Waals surface area contributed by atoms with E-state index in [4.69, 9.17) is 4.52 Å². The van der Waals surface area contributed by atoms with E-state index >= 15 is 0 Å². The molecule has 0 bridgehead atoms. The highest BCUT2D eigenvalue weighted by molar-refractivity contribution is 7.89. The van der Waals surface area contributed by atoms with Gasteiger partial charge < -0.3 is 15.2 Å². The van der Waals surface area contributed by atoms with Gasteiger partial charge >= 0.3 is 0 Å². The molecule has 0 radical (unpaired) electrons. The molecule has 8 heteroatoms. The van der Waals surface area contributed by atoms with E-state index in [9.17, 15) is 8.42 Å². The first kappa shape index (κ1) is 21.0. The molecule has 0 saturated heterocycles. The Hall–Kier alpha value is -2.35. The maximum absolute atomic E-state index is 11.3. The molecule has 1 heterocycles. The van der Waals surface area contributed by atoms with Crippen molar-refractivity contribution in [2.75, 3.05) is 12.8 Å². The number of benzene rings is 1. The summed E-state index contributed by atoms with van der Waals surface area (Å²) in [6.07, 6.45) is 1.23. The fraction of sp³-hybridized carbons (Fsp3) is 0.474. The Morgan fingerprint density at radius 1 is 1.19 bits per heavy atom. The van der Waals surface area contributed by atoms with Gasteiger partial charge in [-0.2, -0.15) is 0 Å². The quantitative estimate of drug-likeness (QED) is 0.529. The minimum atomic E-state index is -3.02. The van der Waals surface area contributed by atoms with Crippen LogP contribution in [0.3, 0.4) is 0 Å². The molecular weight excluding hydrogens is 364 g/mol. The van der Waals surface area contributed by atoms with Gasteiger partial charge in [-0.3, -0.25) is 0 Å². The summed E-state index contributed by atoms with van der Waals surface area (Å²) in [5.41, 5.74) is 2.72. The normalized spacial score (nSPS) is 12.4. The summed E-state index contributed by atoms with van der Waals surface area (Å²) in [4.78, 5) is 4.56. The molecule has 1 aromatic heterocycles. The van der Waals surface area contributed by atoms with Crippen LogP contribution in [0, 0.1) is 0 Å². The lowest BCUT2D eigenvalue weighted by molar-refractivity contribution is 0.372. The van der Waals surface area contributed by atoms with Crippen LogP contribution in [0.1, 0.15) is 49.3 Å². The predicted octanol–water partition coefficient (Wildman–Crippen LogP) is 2.60. The van der Waals surface area contributed by atoms with Gasteiger partial charge in [-0.05, 0) is 24.0 Å². The van der Waals surface area contributed by atoms with Gasteiger partial charge in [0, 0.05) is 18.9 Å². The van der Waals surface area contributed by atoms with Crippen LogP contribution in [0.5, 0.6) is 0 Å². The molecule has 0 amide bonds. The highest BCUT2D eigenvalue weighted by atomic mass is 32.2. The van der Waals surface area contributed by atoms with Crippen molar-refractivity contribution in [3.8, 4) is 0 Å². The molecule has 2 N–H and O–H groups in total. The van der Waals surface area contributed by atoms with E-state index in [1.807, 2.05) is 37.3 Å². The van der Waals surface area contributed by atoms with Crippen molar-refractivity contribution >= 4 is 15.8 Å². The fourth-order valence-electron chi connectivity index (χ4n) is 2.41. The third-order valence-corrected chi connectivity index (χ3v) is 4.67. The van der Waals surface area contributed by atoms with Crippen molar-refractivity contribution in [2.45, 2.75) is 45.5 Å². The molecule has 0 spiro atoms. The molecule has 0 atom stereocenters. The second-order valence-corrected chi connectivity index (χ2v) is 8.95. The van der Waals surface area contributed by atoms with Gasteiger partial charge in [0.2, 0.25) is 0 Å². The molecule has 0 aliphatic heterocycles.